The van der Waals surface area contributed by atoms with Crippen molar-refractivity contribution in [3.05, 3.63) is 28.6 Å². The number of hydrogen-bond acceptors (Lipinski definition) is 3. The second-order valence-corrected chi connectivity index (χ2v) is 6.02. The third-order valence-corrected chi connectivity index (χ3v) is 4.52. The molecule has 1 aromatic heterocycles. The summed E-state index contributed by atoms with van der Waals surface area (Å²) in [5.74, 6) is -0.925. The van der Waals surface area contributed by atoms with Gasteiger partial charge >= 0.3 is 5.97 Å². The van der Waals surface area contributed by atoms with Gasteiger partial charge in [-0.15, -0.1) is 0 Å². The third kappa shape index (κ3) is 2.37. The summed E-state index contributed by atoms with van der Waals surface area (Å²) in [6, 6.07) is 1.75. The fourth-order valence-electron chi connectivity index (χ4n) is 3.09. The molecule has 0 bridgehead atoms. The number of nitrogens with zero attached hydrogens (tertiary/aromatic N) is 1. The molecule has 1 aromatic rings. The number of carbonyl (C=O) groups is 1. The van der Waals surface area contributed by atoms with Gasteiger partial charge in [0, 0.05) is 17.8 Å². The highest BCUT2D eigenvalue weighted by Gasteiger charge is 2.31. The normalized spacial score (nSPS) is 19.8. The molecular weight excluding hydrogens is 240 g/mol. The SMILES string of the molecule is CC1(NCc2cc(C(=O)O)nc3c2CCC3)CCC1. The van der Waals surface area contributed by atoms with Gasteiger partial charge in [0.1, 0.15) is 5.69 Å². The first kappa shape index (κ1) is 12.6. The lowest BCUT2D eigenvalue weighted by Gasteiger charge is -2.39. The third-order valence-electron chi connectivity index (χ3n) is 4.52. The lowest BCUT2D eigenvalue weighted by Crippen LogP contribution is -2.47. The Morgan fingerprint density at radius 3 is 2.84 bits per heavy atom. The van der Waals surface area contributed by atoms with E-state index in [-0.39, 0.29) is 11.2 Å². The minimum absolute atomic E-state index is 0.191. The number of aromatic carboxylic acids is 1. The van der Waals surface area contributed by atoms with Crippen LogP contribution >= 0.6 is 0 Å². The molecule has 4 nitrogen and oxygen atoms in total. The molecule has 0 amide bonds. The number of aromatic nitrogens is 1. The Balaban J connectivity index is 1.84. The van der Waals surface area contributed by atoms with Crippen LogP contribution in [0.25, 0.3) is 0 Å². The predicted molar refractivity (Wildman–Crippen MR) is 72.3 cm³/mol. The number of hydrogen-bond donors (Lipinski definition) is 2. The van der Waals surface area contributed by atoms with Crippen molar-refractivity contribution in [1.82, 2.24) is 10.3 Å². The first-order chi connectivity index (χ1) is 9.07. The highest BCUT2D eigenvalue weighted by Crippen LogP contribution is 2.32. The summed E-state index contributed by atoms with van der Waals surface area (Å²) < 4.78 is 0. The Morgan fingerprint density at radius 2 is 2.21 bits per heavy atom. The van der Waals surface area contributed by atoms with Crippen LogP contribution in [0.5, 0.6) is 0 Å². The van der Waals surface area contributed by atoms with Gasteiger partial charge in [0.2, 0.25) is 0 Å². The van der Waals surface area contributed by atoms with E-state index >= 15 is 0 Å². The summed E-state index contributed by atoms with van der Waals surface area (Å²) in [5, 5.41) is 12.7. The second kappa shape index (κ2) is 4.60. The number of aryl methyl sites for hydroxylation is 1. The van der Waals surface area contributed by atoms with E-state index in [1.165, 1.54) is 24.8 Å². The van der Waals surface area contributed by atoms with Gasteiger partial charge < -0.3 is 10.4 Å². The van der Waals surface area contributed by atoms with Crippen molar-refractivity contribution in [2.45, 2.75) is 57.5 Å². The van der Waals surface area contributed by atoms with Gasteiger partial charge in [-0.1, -0.05) is 0 Å². The Labute approximate surface area is 113 Å². The highest BCUT2D eigenvalue weighted by molar-refractivity contribution is 5.85. The summed E-state index contributed by atoms with van der Waals surface area (Å²) >= 11 is 0. The van der Waals surface area contributed by atoms with Gasteiger partial charge in [0.25, 0.3) is 0 Å². The molecule has 0 unspecified atom stereocenters. The zero-order valence-corrected chi connectivity index (χ0v) is 11.3. The largest absolute Gasteiger partial charge is 0.477 e. The lowest BCUT2D eigenvalue weighted by molar-refractivity contribution is 0.0690. The number of carboxylic acid groups (broad SMARTS) is 1. The number of carboxylic acids is 1. The first-order valence-electron chi connectivity index (χ1n) is 7.07. The zero-order valence-electron chi connectivity index (χ0n) is 11.3. The van der Waals surface area contributed by atoms with Crippen LogP contribution in [0.4, 0.5) is 0 Å². The molecule has 0 radical (unpaired) electrons. The molecule has 2 aliphatic carbocycles. The van der Waals surface area contributed by atoms with Crippen LogP contribution < -0.4 is 5.32 Å². The van der Waals surface area contributed by atoms with E-state index in [1.54, 1.807) is 6.07 Å². The van der Waals surface area contributed by atoms with Crippen LogP contribution in [0.15, 0.2) is 6.07 Å². The van der Waals surface area contributed by atoms with Crippen molar-refractivity contribution in [3.8, 4) is 0 Å². The minimum Gasteiger partial charge on any atom is -0.477 e. The molecule has 3 rings (SSSR count). The molecule has 0 spiro atoms. The van der Waals surface area contributed by atoms with Crippen LogP contribution in [0.1, 0.15) is 59.9 Å². The van der Waals surface area contributed by atoms with Crippen molar-refractivity contribution in [2.75, 3.05) is 0 Å². The van der Waals surface area contributed by atoms with Gasteiger partial charge in [0.05, 0.1) is 0 Å². The Bertz CT molecular complexity index is 521. The molecular formula is C15H20N2O2. The minimum atomic E-state index is -0.925. The average molecular weight is 260 g/mol. The lowest BCUT2D eigenvalue weighted by atomic mass is 9.78. The summed E-state index contributed by atoms with van der Waals surface area (Å²) in [4.78, 5) is 15.4. The number of nitrogens with one attached hydrogen (secondary N) is 1. The predicted octanol–water partition coefficient (Wildman–Crippen LogP) is 2.30. The number of fused-ring (bicyclic) bond motifs is 1. The van der Waals surface area contributed by atoms with Gasteiger partial charge in [-0.25, -0.2) is 9.78 Å². The fourth-order valence-corrected chi connectivity index (χ4v) is 3.09. The monoisotopic (exact) mass is 260 g/mol. The van der Waals surface area contributed by atoms with E-state index in [0.717, 1.165) is 37.1 Å². The summed E-state index contributed by atoms with van der Waals surface area (Å²) in [6.07, 6.45) is 6.77. The Morgan fingerprint density at radius 1 is 1.42 bits per heavy atom. The smallest absolute Gasteiger partial charge is 0.354 e. The van der Waals surface area contributed by atoms with E-state index in [1.807, 2.05) is 0 Å². The first-order valence-corrected chi connectivity index (χ1v) is 7.07. The van der Waals surface area contributed by atoms with E-state index in [9.17, 15) is 4.79 Å². The van der Waals surface area contributed by atoms with Crippen LogP contribution in [-0.4, -0.2) is 21.6 Å². The number of rotatable bonds is 4. The second-order valence-electron chi connectivity index (χ2n) is 6.02. The molecule has 1 saturated carbocycles. The summed E-state index contributed by atoms with van der Waals surface area (Å²) in [7, 11) is 0. The van der Waals surface area contributed by atoms with Crippen molar-refractivity contribution in [2.24, 2.45) is 0 Å². The standard InChI is InChI=1S/C15H20N2O2/c1-15(6-3-7-15)16-9-10-8-13(14(18)19)17-12-5-2-4-11(10)12/h8,16H,2-7,9H2,1H3,(H,18,19). The van der Waals surface area contributed by atoms with Crippen molar-refractivity contribution in [3.63, 3.8) is 0 Å². The van der Waals surface area contributed by atoms with Crippen LogP contribution in [-0.2, 0) is 19.4 Å². The maximum Gasteiger partial charge on any atom is 0.354 e. The maximum atomic E-state index is 11.1. The van der Waals surface area contributed by atoms with Crippen LogP contribution in [0.2, 0.25) is 0 Å². The molecule has 2 N–H and O–H groups in total. The molecule has 1 fully saturated rings. The van der Waals surface area contributed by atoms with Gasteiger partial charge in [0.15, 0.2) is 0 Å². The fraction of sp³-hybridized carbons (Fsp3) is 0.600. The van der Waals surface area contributed by atoms with E-state index in [0.29, 0.717) is 0 Å². The highest BCUT2D eigenvalue weighted by atomic mass is 16.4. The van der Waals surface area contributed by atoms with Crippen molar-refractivity contribution in [1.29, 1.82) is 0 Å². The molecule has 0 aliphatic heterocycles. The molecule has 0 atom stereocenters. The average Bonchev–Trinajstić information content (AvgIpc) is 2.81. The topological polar surface area (TPSA) is 62.2 Å². The van der Waals surface area contributed by atoms with E-state index in [2.05, 4.69) is 17.2 Å². The van der Waals surface area contributed by atoms with E-state index in [4.69, 9.17) is 5.11 Å². The van der Waals surface area contributed by atoms with E-state index < -0.39 is 5.97 Å². The quantitative estimate of drug-likeness (QED) is 0.872. The van der Waals surface area contributed by atoms with Gasteiger partial charge in [-0.2, -0.15) is 0 Å². The molecule has 19 heavy (non-hydrogen) atoms. The molecule has 4 heteroatoms. The Hall–Kier alpha value is -1.42. The molecule has 1 heterocycles. The van der Waals surface area contributed by atoms with Crippen LogP contribution in [0, 0.1) is 0 Å². The maximum absolute atomic E-state index is 11.1. The van der Waals surface area contributed by atoms with Gasteiger partial charge in [-0.05, 0) is 62.6 Å². The molecule has 0 aromatic carbocycles. The molecule has 2 aliphatic rings. The van der Waals surface area contributed by atoms with Gasteiger partial charge in [-0.3, -0.25) is 0 Å². The Kier molecular flexibility index (Phi) is 3.05. The molecule has 0 saturated heterocycles. The number of pyridine rings is 1. The summed E-state index contributed by atoms with van der Waals surface area (Å²) in [6.45, 7) is 3.01. The zero-order chi connectivity index (χ0) is 13.5. The van der Waals surface area contributed by atoms with Crippen molar-refractivity contribution >= 4 is 5.97 Å². The van der Waals surface area contributed by atoms with Crippen molar-refractivity contribution < 1.29 is 9.90 Å². The van der Waals surface area contributed by atoms with Crippen LogP contribution in [0.3, 0.4) is 0 Å². The molecule has 102 valence electrons. The summed E-state index contributed by atoms with van der Waals surface area (Å²) in [5.41, 5.74) is 3.85.